The Bertz CT molecular complexity index is 890. The lowest BCUT2D eigenvalue weighted by atomic mass is 10.0. The summed E-state index contributed by atoms with van der Waals surface area (Å²) in [5, 5.41) is 0.251. The van der Waals surface area contributed by atoms with E-state index in [2.05, 4.69) is 20.4 Å². The molecule has 2 aromatic heterocycles. The van der Waals surface area contributed by atoms with E-state index in [9.17, 15) is 4.79 Å². The Morgan fingerprint density at radius 2 is 2.19 bits per heavy atom. The number of nitrogens with one attached hydrogen (secondary N) is 1. The standard InChI is InChI=1S/C17H22ClN7O2/c1-8-5-21-11(9(2)14(8)27-3)7-25-6-10(4-12(26)24-20)13-15(18)22-17(19)23-16(13)25/h5,10H,4,6-7,20H2,1-3H3,(H,24,26)(H2,19,22,23). The molecule has 2 aromatic rings. The molecule has 1 aliphatic heterocycles. The molecule has 27 heavy (non-hydrogen) atoms. The number of carbonyl (C=O) groups is 1. The SMILES string of the molecule is COc1c(C)cnc(CN2CC(CC(=O)NN)c3c(Cl)nc(N)nc32)c1C. The van der Waals surface area contributed by atoms with Crippen molar-refractivity contribution in [3.05, 3.63) is 33.7 Å². The van der Waals surface area contributed by atoms with Gasteiger partial charge in [-0.1, -0.05) is 11.6 Å². The van der Waals surface area contributed by atoms with Gasteiger partial charge in [0.05, 0.1) is 19.3 Å². The number of amides is 1. The number of hydrogen-bond acceptors (Lipinski definition) is 8. The number of pyridine rings is 1. The maximum atomic E-state index is 11.8. The highest BCUT2D eigenvalue weighted by Gasteiger charge is 2.35. The number of nitrogens with zero attached hydrogens (tertiary/aromatic N) is 4. The predicted octanol–water partition coefficient (Wildman–Crippen LogP) is 1.22. The Balaban J connectivity index is 1.97. The molecule has 0 radical (unpaired) electrons. The average molecular weight is 392 g/mol. The quantitative estimate of drug-likeness (QED) is 0.300. The zero-order valence-electron chi connectivity index (χ0n) is 15.4. The monoisotopic (exact) mass is 391 g/mol. The van der Waals surface area contributed by atoms with E-state index in [1.54, 1.807) is 13.3 Å². The molecule has 1 aliphatic rings. The van der Waals surface area contributed by atoms with E-state index < -0.39 is 0 Å². The number of nitrogens with two attached hydrogens (primary N) is 2. The second kappa shape index (κ2) is 7.53. The molecule has 0 spiro atoms. The lowest BCUT2D eigenvalue weighted by molar-refractivity contribution is -0.121. The van der Waals surface area contributed by atoms with Gasteiger partial charge in [0.25, 0.3) is 0 Å². The van der Waals surface area contributed by atoms with E-state index >= 15 is 0 Å². The maximum absolute atomic E-state index is 11.8. The number of nitrogen functional groups attached to an aromatic ring is 1. The highest BCUT2D eigenvalue weighted by molar-refractivity contribution is 6.30. The number of carbonyl (C=O) groups excluding carboxylic acids is 1. The minimum absolute atomic E-state index is 0.0823. The number of aryl methyl sites for hydroxylation is 1. The molecule has 0 saturated heterocycles. The lowest BCUT2D eigenvalue weighted by Crippen LogP contribution is -2.32. The molecule has 0 saturated carbocycles. The molecule has 0 fully saturated rings. The van der Waals surface area contributed by atoms with Gasteiger partial charge in [0.2, 0.25) is 11.9 Å². The van der Waals surface area contributed by atoms with Gasteiger partial charge in [-0.2, -0.15) is 4.98 Å². The number of halogens is 1. The molecule has 3 heterocycles. The summed E-state index contributed by atoms with van der Waals surface area (Å²) in [5.74, 6) is 6.26. The first kappa shape index (κ1) is 19.1. The summed E-state index contributed by atoms with van der Waals surface area (Å²) in [7, 11) is 1.64. The Kier molecular flexibility index (Phi) is 5.33. The second-order valence-corrected chi connectivity index (χ2v) is 6.86. The number of rotatable bonds is 5. The van der Waals surface area contributed by atoms with Gasteiger partial charge in [-0.05, 0) is 13.8 Å². The minimum Gasteiger partial charge on any atom is -0.496 e. The minimum atomic E-state index is -0.285. The van der Waals surface area contributed by atoms with Crippen LogP contribution in [0.5, 0.6) is 5.75 Å². The fourth-order valence-electron chi connectivity index (χ4n) is 3.48. The van der Waals surface area contributed by atoms with E-state index in [0.717, 1.165) is 22.6 Å². The maximum Gasteiger partial charge on any atom is 0.234 e. The van der Waals surface area contributed by atoms with E-state index in [-0.39, 0.29) is 29.3 Å². The number of aromatic nitrogens is 3. The Morgan fingerprint density at radius 1 is 1.44 bits per heavy atom. The summed E-state index contributed by atoms with van der Waals surface area (Å²) in [5.41, 5.74) is 11.4. The van der Waals surface area contributed by atoms with E-state index in [1.807, 2.05) is 18.7 Å². The fraction of sp³-hybridized carbons (Fsp3) is 0.412. The largest absolute Gasteiger partial charge is 0.496 e. The highest BCUT2D eigenvalue weighted by Crippen LogP contribution is 2.41. The average Bonchev–Trinajstić information content (AvgIpc) is 2.95. The predicted molar refractivity (Wildman–Crippen MR) is 102 cm³/mol. The van der Waals surface area contributed by atoms with Crippen LogP contribution < -0.4 is 26.6 Å². The van der Waals surface area contributed by atoms with Crippen molar-refractivity contribution < 1.29 is 9.53 Å². The van der Waals surface area contributed by atoms with Crippen LogP contribution in [0, 0.1) is 13.8 Å². The van der Waals surface area contributed by atoms with Crippen molar-refractivity contribution in [3.63, 3.8) is 0 Å². The third-order valence-corrected chi connectivity index (χ3v) is 5.02. The van der Waals surface area contributed by atoms with Crippen LogP contribution >= 0.6 is 11.6 Å². The molecule has 1 amide bonds. The van der Waals surface area contributed by atoms with Crippen LogP contribution in [0.4, 0.5) is 11.8 Å². The number of hydrazine groups is 1. The smallest absolute Gasteiger partial charge is 0.234 e. The first-order chi connectivity index (χ1) is 12.8. The summed E-state index contributed by atoms with van der Waals surface area (Å²) in [6.07, 6.45) is 1.95. The van der Waals surface area contributed by atoms with E-state index in [4.69, 9.17) is 27.9 Å². The lowest BCUT2D eigenvalue weighted by Gasteiger charge is -2.21. The molecule has 144 valence electrons. The van der Waals surface area contributed by atoms with Crippen molar-refractivity contribution in [1.82, 2.24) is 20.4 Å². The van der Waals surface area contributed by atoms with Crippen molar-refractivity contribution >= 4 is 29.3 Å². The van der Waals surface area contributed by atoms with Crippen molar-refractivity contribution in [2.24, 2.45) is 5.84 Å². The van der Waals surface area contributed by atoms with Gasteiger partial charge in [-0.15, -0.1) is 0 Å². The summed E-state index contributed by atoms with van der Waals surface area (Å²) in [6, 6.07) is 0. The molecule has 3 rings (SSSR count). The Hall–Kier alpha value is -2.65. The van der Waals surface area contributed by atoms with Gasteiger partial charge in [-0.25, -0.2) is 10.8 Å². The first-order valence-electron chi connectivity index (χ1n) is 8.42. The van der Waals surface area contributed by atoms with Crippen molar-refractivity contribution in [3.8, 4) is 5.75 Å². The molecule has 1 atom stereocenters. The fourth-order valence-corrected chi connectivity index (χ4v) is 3.81. The molecule has 9 nitrogen and oxygen atoms in total. The number of hydrogen-bond donors (Lipinski definition) is 3. The van der Waals surface area contributed by atoms with Gasteiger partial charge in [-0.3, -0.25) is 15.2 Å². The van der Waals surface area contributed by atoms with Crippen LogP contribution in [-0.4, -0.2) is 34.5 Å². The number of methoxy groups -OCH3 is 1. The van der Waals surface area contributed by atoms with Gasteiger partial charge >= 0.3 is 0 Å². The number of ether oxygens (including phenoxy) is 1. The Labute approximate surface area is 162 Å². The Morgan fingerprint density at radius 3 is 2.85 bits per heavy atom. The van der Waals surface area contributed by atoms with Crippen molar-refractivity contribution in [2.75, 3.05) is 24.3 Å². The zero-order chi connectivity index (χ0) is 19.7. The van der Waals surface area contributed by atoms with Crippen LogP contribution in [0.2, 0.25) is 5.15 Å². The summed E-state index contributed by atoms with van der Waals surface area (Å²) in [6.45, 7) is 4.91. The van der Waals surface area contributed by atoms with Crippen molar-refractivity contribution in [1.29, 1.82) is 0 Å². The first-order valence-corrected chi connectivity index (χ1v) is 8.79. The van der Waals surface area contributed by atoms with Crippen molar-refractivity contribution in [2.45, 2.75) is 32.7 Å². The molecule has 0 aliphatic carbocycles. The molecular weight excluding hydrogens is 370 g/mol. The molecule has 0 aromatic carbocycles. The van der Waals surface area contributed by atoms with Gasteiger partial charge in [0.1, 0.15) is 16.7 Å². The van der Waals surface area contributed by atoms with Crippen LogP contribution in [0.25, 0.3) is 0 Å². The van der Waals surface area contributed by atoms with Crippen LogP contribution in [0.1, 0.15) is 34.7 Å². The zero-order valence-corrected chi connectivity index (χ0v) is 16.2. The highest BCUT2D eigenvalue weighted by atomic mass is 35.5. The normalized spacial score (nSPS) is 15.6. The number of fused-ring (bicyclic) bond motifs is 1. The molecular formula is C17H22ClN7O2. The summed E-state index contributed by atoms with van der Waals surface area (Å²) < 4.78 is 5.48. The van der Waals surface area contributed by atoms with E-state index in [0.29, 0.717) is 24.5 Å². The van der Waals surface area contributed by atoms with Crippen LogP contribution in [0.15, 0.2) is 6.20 Å². The number of anilines is 2. The topological polar surface area (TPSA) is 132 Å². The third-order valence-electron chi connectivity index (χ3n) is 4.73. The van der Waals surface area contributed by atoms with Crippen LogP contribution in [-0.2, 0) is 11.3 Å². The molecule has 1 unspecified atom stereocenters. The van der Waals surface area contributed by atoms with E-state index in [1.165, 1.54) is 0 Å². The van der Waals surface area contributed by atoms with Gasteiger partial charge < -0.3 is 15.4 Å². The van der Waals surface area contributed by atoms with Gasteiger partial charge in [0.15, 0.2) is 0 Å². The van der Waals surface area contributed by atoms with Gasteiger partial charge in [0, 0.05) is 41.8 Å². The molecule has 0 bridgehead atoms. The van der Waals surface area contributed by atoms with Crippen LogP contribution in [0.3, 0.4) is 0 Å². The second-order valence-electron chi connectivity index (χ2n) is 6.51. The summed E-state index contributed by atoms with van der Waals surface area (Å²) in [4.78, 5) is 26.7. The third kappa shape index (κ3) is 3.60. The molecule has 10 heteroatoms. The molecule has 5 N–H and O–H groups in total. The summed E-state index contributed by atoms with van der Waals surface area (Å²) >= 11 is 6.31.